The van der Waals surface area contributed by atoms with Crippen LogP contribution in [0.3, 0.4) is 0 Å². The second-order valence-electron chi connectivity index (χ2n) is 5.83. The van der Waals surface area contributed by atoms with E-state index in [-0.39, 0.29) is 24.0 Å². The zero-order valence-electron chi connectivity index (χ0n) is 14.6. The largest absolute Gasteiger partial charge is 0.355 e. The van der Waals surface area contributed by atoms with Gasteiger partial charge in [0.15, 0.2) is 5.96 Å². The van der Waals surface area contributed by atoms with Gasteiger partial charge in [0.05, 0.1) is 0 Å². The summed E-state index contributed by atoms with van der Waals surface area (Å²) in [4.78, 5) is 6.87. The first kappa shape index (κ1) is 20.2. The SMILES string of the molecule is CCc1ccccc1CNC(=NC)NCCN(CC)C1CC1.I. The lowest BCUT2D eigenvalue weighted by Crippen LogP contribution is -2.41. The fraction of sp³-hybridized carbons (Fsp3) is 0.611. The van der Waals surface area contributed by atoms with Gasteiger partial charge < -0.3 is 10.6 Å². The van der Waals surface area contributed by atoms with E-state index in [0.717, 1.165) is 44.6 Å². The summed E-state index contributed by atoms with van der Waals surface area (Å²) >= 11 is 0. The molecule has 23 heavy (non-hydrogen) atoms. The van der Waals surface area contributed by atoms with E-state index in [9.17, 15) is 0 Å². The third-order valence-electron chi connectivity index (χ3n) is 4.33. The lowest BCUT2D eigenvalue weighted by atomic mass is 10.1. The molecule has 0 unspecified atom stereocenters. The highest BCUT2D eigenvalue weighted by molar-refractivity contribution is 14.0. The van der Waals surface area contributed by atoms with Gasteiger partial charge in [-0.3, -0.25) is 9.89 Å². The molecule has 1 aliphatic carbocycles. The third-order valence-corrected chi connectivity index (χ3v) is 4.33. The number of rotatable bonds is 8. The van der Waals surface area contributed by atoms with E-state index in [1.165, 1.54) is 24.0 Å². The van der Waals surface area contributed by atoms with Crippen LogP contribution in [0.5, 0.6) is 0 Å². The minimum atomic E-state index is 0. The number of nitrogens with zero attached hydrogens (tertiary/aromatic N) is 2. The molecule has 2 N–H and O–H groups in total. The second kappa shape index (κ2) is 10.9. The van der Waals surface area contributed by atoms with Crippen LogP contribution in [0, 0.1) is 0 Å². The minimum Gasteiger partial charge on any atom is -0.355 e. The molecule has 2 rings (SSSR count). The maximum absolute atomic E-state index is 4.32. The summed E-state index contributed by atoms with van der Waals surface area (Å²) in [6.07, 6.45) is 3.81. The number of hydrogen-bond acceptors (Lipinski definition) is 2. The van der Waals surface area contributed by atoms with Gasteiger partial charge in [-0.1, -0.05) is 38.1 Å². The van der Waals surface area contributed by atoms with Crippen LogP contribution in [0.4, 0.5) is 0 Å². The van der Waals surface area contributed by atoms with Crippen molar-refractivity contribution in [1.29, 1.82) is 0 Å². The summed E-state index contributed by atoms with van der Waals surface area (Å²) in [5, 5.41) is 6.84. The van der Waals surface area contributed by atoms with E-state index in [1.807, 2.05) is 7.05 Å². The van der Waals surface area contributed by atoms with Crippen molar-refractivity contribution in [2.24, 2.45) is 4.99 Å². The predicted molar refractivity (Wildman–Crippen MR) is 110 cm³/mol. The molecule has 0 aliphatic heterocycles. The highest BCUT2D eigenvalue weighted by Gasteiger charge is 2.27. The van der Waals surface area contributed by atoms with Gasteiger partial charge in [-0.15, -0.1) is 24.0 Å². The van der Waals surface area contributed by atoms with Crippen molar-refractivity contribution in [3.63, 3.8) is 0 Å². The van der Waals surface area contributed by atoms with Crippen LogP contribution in [-0.2, 0) is 13.0 Å². The molecule has 1 aromatic carbocycles. The quantitative estimate of drug-likeness (QED) is 0.379. The van der Waals surface area contributed by atoms with Crippen LogP contribution in [0.25, 0.3) is 0 Å². The molecule has 1 aliphatic rings. The Labute approximate surface area is 158 Å². The lowest BCUT2D eigenvalue weighted by molar-refractivity contribution is 0.282. The van der Waals surface area contributed by atoms with Gasteiger partial charge in [0.1, 0.15) is 0 Å². The van der Waals surface area contributed by atoms with Crippen molar-refractivity contribution in [1.82, 2.24) is 15.5 Å². The van der Waals surface area contributed by atoms with Crippen molar-refractivity contribution in [2.45, 2.75) is 45.7 Å². The molecule has 5 heteroatoms. The Bertz CT molecular complexity index is 486. The molecule has 0 atom stereocenters. The van der Waals surface area contributed by atoms with E-state index < -0.39 is 0 Å². The molecule has 0 bridgehead atoms. The second-order valence-corrected chi connectivity index (χ2v) is 5.83. The first-order valence-electron chi connectivity index (χ1n) is 8.53. The first-order valence-corrected chi connectivity index (χ1v) is 8.53. The van der Waals surface area contributed by atoms with Crippen molar-refractivity contribution in [2.75, 3.05) is 26.7 Å². The molecule has 0 heterocycles. The lowest BCUT2D eigenvalue weighted by Gasteiger charge is -2.21. The Morgan fingerprint density at radius 2 is 1.87 bits per heavy atom. The van der Waals surface area contributed by atoms with Crippen LogP contribution >= 0.6 is 24.0 Å². The molecule has 1 fully saturated rings. The molecule has 0 aromatic heterocycles. The number of nitrogens with one attached hydrogen (secondary N) is 2. The minimum absolute atomic E-state index is 0. The molecule has 0 amide bonds. The fourth-order valence-electron chi connectivity index (χ4n) is 2.83. The van der Waals surface area contributed by atoms with Gasteiger partial charge in [-0.25, -0.2) is 0 Å². The number of aryl methyl sites for hydroxylation is 1. The molecule has 130 valence electrons. The Hall–Kier alpha value is -0.820. The van der Waals surface area contributed by atoms with Crippen LogP contribution in [-0.4, -0.2) is 43.6 Å². The first-order chi connectivity index (χ1) is 10.8. The van der Waals surface area contributed by atoms with Crippen molar-refractivity contribution in [3.05, 3.63) is 35.4 Å². The monoisotopic (exact) mass is 430 g/mol. The van der Waals surface area contributed by atoms with E-state index in [4.69, 9.17) is 0 Å². The van der Waals surface area contributed by atoms with Gasteiger partial charge in [-0.05, 0) is 36.9 Å². The maximum atomic E-state index is 4.32. The number of halogens is 1. The van der Waals surface area contributed by atoms with Gasteiger partial charge in [0.25, 0.3) is 0 Å². The van der Waals surface area contributed by atoms with Gasteiger partial charge in [-0.2, -0.15) is 0 Å². The Balaban J connectivity index is 0.00000264. The van der Waals surface area contributed by atoms with Crippen molar-refractivity contribution >= 4 is 29.9 Å². The molecule has 0 saturated heterocycles. The zero-order valence-corrected chi connectivity index (χ0v) is 17.0. The van der Waals surface area contributed by atoms with Crippen LogP contribution in [0.1, 0.15) is 37.8 Å². The van der Waals surface area contributed by atoms with Crippen molar-refractivity contribution < 1.29 is 0 Å². The van der Waals surface area contributed by atoms with Gasteiger partial charge >= 0.3 is 0 Å². The summed E-state index contributed by atoms with van der Waals surface area (Å²) in [5.74, 6) is 0.887. The highest BCUT2D eigenvalue weighted by atomic mass is 127. The third kappa shape index (κ3) is 6.67. The molecule has 1 saturated carbocycles. The van der Waals surface area contributed by atoms with Crippen LogP contribution in [0.2, 0.25) is 0 Å². The van der Waals surface area contributed by atoms with E-state index >= 15 is 0 Å². The standard InChI is InChI=1S/C18H30N4.HI/c1-4-15-8-6-7-9-16(15)14-21-18(19-3)20-12-13-22(5-2)17-10-11-17;/h6-9,17H,4-5,10-14H2,1-3H3,(H2,19,20,21);1H. The smallest absolute Gasteiger partial charge is 0.191 e. The summed E-state index contributed by atoms with van der Waals surface area (Å²) in [6.45, 7) is 8.44. The Morgan fingerprint density at radius 3 is 2.43 bits per heavy atom. The van der Waals surface area contributed by atoms with E-state index in [2.05, 4.69) is 58.6 Å². The average molecular weight is 430 g/mol. The van der Waals surface area contributed by atoms with Crippen LogP contribution < -0.4 is 10.6 Å². The molecule has 4 nitrogen and oxygen atoms in total. The van der Waals surface area contributed by atoms with Gasteiger partial charge in [0.2, 0.25) is 0 Å². The number of benzene rings is 1. The summed E-state index contributed by atoms with van der Waals surface area (Å²) in [7, 11) is 1.83. The number of aliphatic imine (C=N–C) groups is 1. The fourth-order valence-corrected chi connectivity index (χ4v) is 2.83. The predicted octanol–water partition coefficient (Wildman–Crippen LogP) is 3.02. The Morgan fingerprint density at radius 1 is 1.17 bits per heavy atom. The number of likely N-dealkylation sites (N-methyl/N-ethyl adjacent to an activating group) is 1. The average Bonchev–Trinajstić information content (AvgIpc) is 3.39. The normalized spacial score (nSPS) is 14.5. The molecule has 0 spiro atoms. The Kier molecular flexibility index (Phi) is 9.55. The molecular weight excluding hydrogens is 399 g/mol. The van der Waals surface area contributed by atoms with Crippen LogP contribution in [0.15, 0.2) is 29.3 Å². The van der Waals surface area contributed by atoms with E-state index in [0.29, 0.717) is 0 Å². The van der Waals surface area contributed by atoms with Gasteiger partial charge in [0, 0.05) is 32.7 Å². The molecule has 1 aromatic rings. The molecular formula is C18H31IN4. The highest BCUT2D eigenvalue weighted by Crippen LogP contribution is 2.25. The zero-order chi connectivity index (χ0) is 15.8. The number of hydrogen-bond donors (Lipinski definition) is 2. The summed E-state index contributed by atoms with van der Waals surface area (Å²) in [6, 6.07) is 9.42. The number of guanidine groups is 1. The topological polar surface area (TPSA) is 39.7 Å². The van der Waals surface area contributed by atoms with Crippen molar-refractivity contribution in [3.8, 4) is 0 Å². The summed E-state index contributed by atoms with van der Waals surface area (Å²) in [5.41, 5.74) is 2.75. The maximum Gasteiger partial charge on any atom is 0.191 e. The summed E-state index contributed by atoms with van der Waals surface area (Å²) < 4.78 is 0. The van der Waals surface area contributed by atoms with E-state index in [1.54, 1.807) is 0 Å². The molecule has 0 radical (unpaired) electrons.